The Bertz CT molecular complexity index is 705. The molecule has 1 aliphatic heterocycles. The standard InChI is InChI=1S/C20H26N2O3/c1-19(2)15(20(19,3)4)11-21-17(24)13-7-5-12(6-8-13)9-14-10-16(23)22-18(14)25/h5-8,14-15H,9-11H2,1-4H3,(H,21,24)(H,22,23,25)/t14-/m0/s1. The van der Waals surface area contributed by atoms with Crippen LogP contribution in [0.15, 0.2) is 24.3 Å². The first-order valence-electron chi connectivity index (χ1n) is 8.84. The first-order chi connectivity index (χ1) is 11.6. The average Bonchev–Trinajstić information content (AvgIpc) is 2.75. The summed E-state index contributed by atoms with van der Waals surface area (Å²) in [6.07, 6.45) is 0.762. The van der Waals surface area contributed by atoms with Crippen molar-refractivity contribution in [3.8, 4) is 0 Å². The molecular formula is C20H26N2O3. The molecule has 3 rings (SSSR count). The first kappa shape index (κ1) is 17.6. The van der Waals surface area contributed by atoms with Crippen molar-refractivity contribution in [1.29, 1.82) is 0 Å². The van der Waals surface area contributed by atoms with Gasteiger partial charge in [0.1, 0.15) is 0 Å². The smallest absolute Gasteiger partial charge is 0.251 e. The van der Waals surface area contributed by atoms with Crippen molar-refractivity contribution in [3.05, 3.63) is 35.4 Å². The molecule has 1 aromatic rings. The highest BCUT2D eigenvalue weighted by atomic mass is 16.2. The van der Waals surface area contributed by atoms with Gasteiger partial charge in [-0.05, 0) is 40.9 Å². The molecule has 1 saturated heterocycles. The first-order valence-corrected chi connectivity index (χ1v) is 8.84. The van der Waals surface area contributed by atoms with Gasteiger partial charge in [0.15, 0.2) is 0 Å². The second-order valence-corrected chi connectivity index (χ2v) is 8.42. The maximum atomic E-state index is 12.3. The summed E-state index contributed by atoms with van der Waals surface area (Å²) < 4.78 is 0. The summed E-state index contributed by atoms with van der Waals surface area (Å²) in [4.78, 5) is 35.2. The molecule has 5 nitrogen and oxygen atoms in total. The molecule has 134 valence electrons. The van der Waals surface area contributed by atoms with Crippen LogP contribution < -0.4 is 10.6 Å². The molecular weight excluding hydrogens is 316 g/mol. The molecule has 1 saturated carbocycles. The third-order valence-electron chi connectivity index (χ3n) is 6.55. The minimum Gasteiger partial charge on any atom is -0.352 e. The highest BCUT2D eigenvalue weighted by molar-refractivity contribution is 6.03. The molecule has 0 bridgehead atoms. The van der Waals surface area contributed by atoms with Gasteiger partial charge in [0, 0.05) is 18.5 Å². The molecule has 25 heavy (non-hydrogen) atoms. The van der Waals surface area contributed by atoms with E-state index in [1.807, 2.05) is 12.1 Å². The second kappa shape index (κ2) is 5.97. The van der Waals surface area contributed by atoms with E-state index in [1.54, 1.807) is 12.1 Å². The van der Waals surface area contributed by atoms with Crippen molar-refractivity contribution in [2.75, 3.05) is 6.54 Å². The van der Waals surface area contributed by atoms with Gasteiger partial charge in [0.25, 0.3) is 5.91 Å². The van der Waals surface area contributed by atoms with E-state index in [2.05, 4.69) is 38.3 Å². The Hall–Kier alpha value is -2.17. The summed E-state index contributed by atoms with van der Waals surface area (Å²) >= 11 is 0. The van der Waals surface area contributed by atoms with Gasteiger partial charge in [-0.3, -0.25) is 19.7 Å². The van der Waals surface area contributed by atoms with E-state index in [1.165, 1.54) is 0 Å². The van der Waals surface area contributed by atoms with Crippen molar-refractivity contribution < 1.29 is 14.4 Å². The number of imide groups is 1. The lowest BCUT2D eigenvalue weighted by Gasteiger charge is -2.09. The summed E-state index contributed by atoms with van der Waals surface area (Å²) in [5.74, 6) is -0.301. The Kier molecular flexibility index (Phi) is 4.21. The number of hydrogen-bond donors (Lipinski definition) is 2. The van der Waals surface area contributed by atoms with Gasteiger partial charge in [-0.15, -0.1) is 0 Å². The molecule has 0 unspecified atom stereocenters. The zero-order chi connectivity index (χ0) is 18.4. The van der Waals surface area contributed by atoms with Gasteiger partial charge in [-0.1, -0.05) is 39.8 Å². The average molecular weight is 342 g/mol. The number of nitrogens with one attached hydrogen (secondary N) is 2. The molecule has 2 aliphatic rings. The topological polar surface area (TPSA) is 75.3 Å². The maximum Gasteiger partial charge on any atom is 0.251 e. The minimum atomic E-state index is -0.300. The zero-order valence-electron chi connectivity index (χ0n) is 15.3. The third kappa shape index (κ3) is 3.20. The minimum absolute atomic E-state index is 0.0705. The predicted octanol–water partition coefficient (Wildman–Crippen LogP) is 2.30. The van der Waals surface area contributed by atoms with Gasteiger partial charge >= 0.3 is 0 Å². The number of carbonyl (C=O) groups is 3. The van der Waals surface area contributed by atoms with Crippen molar-refractivity contribution in [1.82, 2.24) is 10.6 Å². The number of carbonyl (C=O) groups excluding carboxylic acids is 3. The van der Waals surface area contributed by atoms with Gasteiger partial charge in [-0.2, -0.15) is 0 Å². The van der Waals surface area contributed by atoms with Crippen LogP contribution in [0.4, 0.5) is 0 Å². The fourth-order valence-corrected chi connectivity index (χ4v) is 3.99. The largest absolute Gasteiger partial charge is 0.352 e. The Morgan fingerprint density at radius 1 is 1.12 bits per heavy atom. The van der Waals surface area contributed by atoms with Crippen molar-refractivity contribution in [2.24, 2.45) is 22.7 Å². The van der Waals surface area contributed by atoms with Crippen LogP contribution in [-0.2, 0) is 16.0 Å². The number of benzene rings is 1. The van der Waals surface area contributed by atoms with Gasteiger partial charge in [0.05, 0.1) is 5.92 Å². The molecule has 3 amide bonds. The Labute approximate surface area is 148 Å². The van der Waals surface area contributed by atoms with Crippen molar-refractivity contribution in [3.63, 3.8) is 0 Å². The monoisotopic (exact) mass is 342 g/mol. The Balaban J connectivity index is 1.54. The quantitative estimate of drug-likeness (QED) is 0.806. The van der Waals surface area contributed by atoms with Gasteiger partial charge in [-0.25, -0.2) is 0 Å². The van der Waals surface area contributed by atoms with Crippen LogP contribution in [0.2, 0.25) is 0 Å². The summed E-state index contributed by atoms with van der Waals surface area (Å²) in [6, 6.07) is 7.27. The van der Waals surface area contributed by atoms with Gasteiger partial charge in [0.2, 0.25) is 11.8 Å². The van der Waals surface area contributed by atoms with E-state index in [0.29, 0.717) is 24.4 Å². The molecule has 2 N–H and O–H groups in total. The predicted molar refractivity (Wildman–Crippen MR) is 94.8 cm³/mol. The molecule has 0 radical (unpaired) electrons. The van der Waals surface area contributed by atoms with Crippen LogP contribution in [-0.4, -0.2) is 24.3 Å². The molecule has 1 atom stereocenters. The van der Waals surface area contributed by atoms with Crippen LogP contribution in [0.1, 0.15) is 50.0 Å². The van der Waals surface area contributed by atoms with E-state index in [4.69, 9.17) is 0 Å². The third-order valence-corrected chi connectivity index (χ3v) is 6.55. The van der Waals surface area contributed by atoms with E-state index in [9.17, 15) is 14.4 Å². The lowest BCUT2D eigenvalue weighted by Crippen LogP contribution is -2.27. The van der Waals surface area contributed by atoms with Gasteiger partial charge < -0.3 is 5.32 Å². The molecule has 0 spiro atoms. The SMILES string of the molecule is CC1(C)C(CNC(=O)c2ccc(C[C@H]3CC(=O)NC3=O)cc2)C1(C)C. The lowest BCUT2D eigenvalue weighted by molar-refractivity contribution is -0.125. The Morgan fingerprint density at radius 3 is 2.20 bits per heavy atom. The van der Waals surface area contributed by atoms with E-state index in [0.717, 1.165) is 5.56 Å². The summed E-state index contributed by atoms with van der Waals surface area (Å²) in [5.41, 5.74) is 2.08. The molecule has 1 aliphatic carbocycles. The van der Waals surface area contributed by atoms with Crippen molar-refractivity contribution in [2.45, 2.75) is 40.5 Å². The highest BCUT2D eigenvalue weighted by Crippen LogP contribution is 2.67. The lowest BCUT2D eigenvalue weighted by atomic mass is 9.97. The summed E-state index contributed by atoms with van der Waals surface area (Å²) in [6.45, 7) is 9.64. The van der Waals surface area contributed by atoms with Crippen LogP contribution in [0.3, 0.4) is 0 Å². The molecule has 2 fully saturated rings. The fraction of sp³-hybridized carbons (Fsp3) is 0.550. The van der Waals surface area contributed by atoms with Crippen LogP contribution in [0, 0.1) is 22.7 Å². The van der Waals surface area contributed by atoms with Crippen molar-refractivity contribution >= 4 is 17.7 Å². The highest BCUT2D eigenvalue weighted by Gasteiger charge is 2.64. The number of rotatable bonds is 5. The second-order valence-electron chi connectivity index (χ2n) is 8.42. The molecule has 1 aromatic carbocycles. The molecule has 0 aromatic heterocycles. The fourth-order valence-electron chi connectivity index (χ4n) is 3.99. The summed E-state index contributed by atoms with van der Waals surface area (Å²) in [7, 11) is 0. The number of hydrogen-bond acceptors (Lipinski definition) is 3. The molecule has 5 heteroatoms. The molecule has 1 heterocycles. The number of amides is 3. The van der Waals surface area contributed by atoms with Crippen LogP contribution in [0.25, 0.3) is 0 Å². The van der Waals surface area contributed by atoms with Crippen LogP contribution in [0.5, 0.6) is 0 Å². The van der Waals surface area contributed by atoms with E-state index in [-0.39, 0.29) is 40.9 Å². The maximum absolute atomic E-state index is 12.3. The van der Waals surface area contributed by atoms with E-state index < -0.39 is 0 Å². The summed E-state index contributed by atoms with van der Waals surface area (Å²) in [5, 5.41) is 5.35. The van der Waals surface area contributed by atoms with E-state index >= 15 is 0 Å². The normalized spacial score (nSPS) is 24.1. The van der Waals surface area contributed by atoms with Crippen LogP contribution >= 0.6 is 0 Å². The zero-order valence-corrected chi connectivity index (χ0v) is 15.3. The Morgan fingerprint density at radius 2 is 1.72 bits per heavy atom.